The van der Waals surface area contributed by atoms with Crippen LogP contribution in [0.3, 0.4) is 0 Å². The van der Waals surface area contributed by atoms with Crippen molar-refractivity contribution in [3.8, 4) is 0 Å². The van der Waals surface area contributed by atoms with Gasteiger partial charge in [0.05, 0.1) is 0 Å². The molecule has 1 unspecified atom stereocenters. The van der Waals surface area contributed by atoms with Gasteiger partial charge in [0.1, 0.15) is 0 Å². The molecule has 1 aromatic rings. The van der Waals surface area contributed by atoms with Gasteiger partial charge in [-0.25, -0.2) is 0 Å². The van der Waals surface area contributed by atoms with Gasteiger partial charge in [0, 0.05) is 36.4 Å². The van der Waals surface area contributed by atoms with E-state index < -0.39 is 0 Å². The van der Waals surface area contributed by atoms with Gasteiger partial charge in [0.25, 0.3) is 0 Å². The predicted molar refractivity (Wildman–Crippen MR) is 90.3 cm³/mol. The summed E-state index contributed by atoms with van der Waals surface area (Å²) in [6.45, 7) is 5.78. The van der Waals surface area contributed by atoms with Crippen LogP contribution >= 0.6 is 11.6 Å². The molecule has 4 heteroatoms. The fourth-order valence-corrected chi connectivity index (χ4v) is 3.88. The molecule has 3 rings (SSSR count). The van der Waals surface area contributed by atoms with Crippen molar-refractivity contribution in [1.29, 1.82) is 0 Å². The van der Waals surface area contributed by atoms with Gasteiger partial charge in [0.15, 0.2) is 0 Å². The first-order chi connectivity index (χ1) is 10.3. The summed E-state index contributed by atoms with van der Waals surface area (Å²) in [5.74, 6) is 0. The number of likely N-dealkylation sites (tertiary alicyclic amines) is 1. The molecule has 1 N–H and O–H groups in total. The van der Waals surface area contributed by atoms with E-state index in [-0.39, 0.29) is 0 Å². The fourth-order valence-electron chi connectivity index (χ4n) is 3.71. The second kappa shape index (κ2) is 6.99. The zero-order chi connectivity index (χ0) is 14.7. The van der Waals surface area contributed by atoms with Crippen LogP contribution in [0, 0.1) is 0 Å². The first-order valence-electron chi connectivity index (χ1n) is 8.20. The van der Waals surface area contributed by atoms with E-state index in [1.165, 1.54) is 50.0 Å². The maximum absolute atomic E-state index is 6.22. The molecule has 116 valence electrons. The summed E-state index contributed by atoms with van der Waals surface area (Å²) in [5.41, 5.74) is 2.66. The van der Waals surface area contributed by atoms with Crippen LogP contribution in [0.1, 0.15) is 31.2 Å². The van der Waals surface area contributed by atoms with Crippen molar-refractivity contribution in [2.24, 2.45) is 0 Å². The Hall–Kier alpha value is -0.770. The summed E-state index contributed by atoms with van der Waals surface area (Å²) in [7, 11) is 2.00. The topological polar surface area (TPSA) is 18.5 Å². The Labute approximate surface area is 133 Å². The number of halogens is 1. The molecule has 2 fully saturated rings. The molecule has 0 amide bonds. The van der Waals surface area contributed by atoms with Crippen molar-refractivity contribution in [2.45, 2.75) is 38.3 Å². The van der Waals surface area contributed by atoms with Crippen molar-refractivity contribution in [1.82, 2.24) is 10.2 Å². The molecule has 0 aromatic heterocycles. The highest BCUT2D eigenvalue weighted by molar-refractivity contribution is 6.30. The lowest BCUT2D eigenvalue weighted by molar-refractivity contribution is 0.175. The lowest BCUT2D eigenvalue weighted by Crippen LogP contribution is -2.41. The number of nitrogens with one attached hydrogen (secondary N) is 1. The highest BCUT2D eigenvalue weighted by Crippen LogP contribution is 2.30. The van der Waals surface area contributed by atoms with Gasteiger partial charge in [-0.3, -0.25) is 4.90 Å². The van der Waals surface area contributed by atoms with E-state index in [1.807, 2.05) is 13.1 Å². The van der Waals surface area contributed by atoms with Gasteiger partial charge in [-0.15, -0.1) is 0 Å². The molecule has 21 heavy (non-hydrogen) atoms. The van der Waals surface area contributed by atoms with E-state index in [0.29, 0.717) is 0 Å². The zero-order valence-corrected chi connectivity index (χ0v) is 13.7. The third kappa shape index (κ3) is 3.53. The second-order valence-electron chi connectivity index (χ2n) is 6.29. The number of anilines is 1. The summed E-state index contributed by atoms with van der Waals surface area (Å²) in [6.07, 6.45) is 5.44. The second-order valence-corrected chi connectivity index (χ2v) is 6.72. The van der Waals surface area contributed by atoms with Gasteiger partial charge in [-0.05, 0) is 57.1 Å². The fraction of sp³-hybridized carbons (Fsp3) is 0.647. The van der Waals surface area contributed by atoms with Crippen molar-refractivity contribution in [2.75, 3.05) is 38.1 Å². The predicted octanol–water partition coefficient (Wildman–Crippen LogP) is 3.12. The Morgan fingerprint density at radius 3 is 2.76 bits per heavy atom. The maximum Gasteiger partial charge on any atom is 0.0427 e. The first kappa shape index (κ1) is 15.1. The minimum absolute atomic E-state index is 0.728. The van der Waals surface area contributed by atoms with Gasteiger partial charge in [-0.2, -0.15) is 0 Å². The number of rotatable bonds is 4. The maximum atomic E-state index is 6.22. The van der Waals surface area contributed by atoms with Crippen LogP contribution in [0.15, 0.2) is 18.2 Å². The SMILES string of the molecule is CNCc1ccc(Cl)cc1N1CCC(N2CCCCC2)C1. The third-order valence-corrected chi connectivity index (χ3v) is 5.06. The summed E-state index contributed by atoms with van der Waals surface area (Å²) in [6, 6.07) is 7.01. The van der Waals surface area contributed by atoms with Crippen LogP contribution in [0.2, 0.25) is 5.02 Å². The molecule has 2 saturated heterocycles. The van der Waals surface area contributed by atoms with E-state index in [0.717, 1.165) is 30.7 Å². The molecular formula is C17H26ClN3. The highest BCUT2D eigenvalue weighted by Gasteiger charge is 2.29. The average molecular weight is 308 g/mol. The van der Waals surface area contributed by atoms with Crippen LogP contribution in [0.4, 0.5) is 5.69 Å². The molecule has 3 nitrogen and oxygen atoms in total. The zero-order valence-electron chi connectivity index (χ0n) is 12.9. The molecule has 0 bridgehead atoms. The van der Waals surface area contributed by atoms with Crippen LogP contribution in [0.5, 0.6) is 0 Å². The number of nitrogens with zero attached hydrogens (tertiary/aromatic N) is 2. The van der Waals surface area contributed by atoms with Gasteiger partial charge >= 0.3 is 0 Å². The average Bonchev–Trinajstić information content (AvgIpc) is 3.00. The van der Waals surface area contributed by atoms with E-state index in [9.17, 15) is 0 Å². The smallest absolute Gasteiger partial charge is 0.0427 e. The van der Waals surface area contributed by atoms with Gasteiger partial charge < -0.3 is 10.2 Å². The van der Waals surface area contributed by atoms with Crippen LogP contribution in [-0.2, 0) is 6.54 Å². The lowest BCUT2D eigenvalue weighted by Gasteiger charge is -2.32. The monoisotopic (exact) mass is 307 g/mol. The molecule has 2 aliphatic rings. The molecule has 1 aromatic carbocycles. The lowest BCUT2D eigenvalue weighted by atomic mass is 10.1. The number of hydrogen-bond acceptors (Lipinski definition) is 3. The normalized spacial score (nSPS) is 23.7. The minimum Gasteiger partial charge on any atom is -0.370 e. The molecule has 0 spiro atoms. The number of benzene rings is 1. The number of piperidine rings is 1. The summed E-state index contributed by atoms with van der Waals surface area (Å²) in [4.78, 5) is 5.23. The van der Waals surface area contributed by atoms with E-state index in [1.54, 1.807) is 0 Å². The largest absolute Gasteiger partial charge is 0.370 e. The molecule has 0 aliphatic carbocycles. The van der Waals surface area contributed by atoms with Crippen LogP contribution < -0.4 is 10.2 Å². The molecule has 0 radical (unpaired) electrons. The molecule has 0 saturated carbocycles. The summed E-state index contributed by atoms with van der Waals surface area (Å²) < 4.78 is 0. The highest BCUT2D eigenvalue weighted by atomic mass is 35.5. The minimum atomic E-state index is 0.728. The number of hydrogen-bond donors (Lipinski definition) is 1. The Balaban J connectivity index is 1.71. The molecular weight excluding hydrogens is 282 g/mol. The van der Waals surface area contributed by atoms with Crippen LogP contribution in [0.25, 0.3) is 0 Å². The standard InChI is InChI=1S/C17H26ClN3/c1-19-12-14-5-6-15(18)11-17(14)21-10-7-16(13-21)20-8-3-2-4-9-20/h5-6,11,16,19H,2-4,7-10,12-13H2,1H3. The van der Waals surface area contributed by atoms with E-state index >= 15 is 0 Å². The van der Waals surface area contributed by atoms with E-state index in [2.05, 4.69) is 27.2 Å². The quantitative estimate of drug-likeness (QED) is 0.922. The Kier molecular flexibility index (Phi) is 5.04. The van der Waals surface area contributed by atoms with Gasteiger partial charge in [0.2, 0.25) is 0 Å². The molecule has 1 atom stereocenters. The third-order valence-electron chi connectivity index (χ3n) is 4.83. The van der Waals surface area contributed by atoms with Crippen molar-refractivity contribution >= 4 is 17.3 Å². The Bertz CT molecular complexity index is 471. The Morgan fingerprint density at radius 1 is 1.19 bits per heavy atom. The van der Waals surface area contributed by atoms with Crippen molar-refractivity contribution < 1.29 is 0 Å². The molecule has 2 aliphatic heterocycles. The van der Waals surface area contributed by atoms with Crippen molar-refractivity contribution in [3.63, 3.8) is 0 Å². The van der Waals surface area contributed by atoms with E-state index in [4.69, 9.17) is 11.6 Å². The summed E-state index contributed by atoms with van der Waals surface area (Å²) in [5, 5.41) is 4.10. The van der Waals surface area contributed by atoms with Crippen molar-refractivity contribution in [3.05, 3.63) is 28.8 Å². The first-order valence-corrected chi connectivity index (χ1v) is 8.58. The van der Waals surface area contributed by atoms with Crippen LogP contribution in [-0.4, -0.2) is 44.2 Å². The summed E-state index contributed by atoms with van der Waals surface area (Å²) >= 11 is 6.22. The molecule has 2 heterocycles. The Morgan fingerprint density at radius 2 is 2.00 bits per heavy atom. The van der Waals surface area contributed by atoms with Gasteiger partial charge in [-0.1, -0.05) is 24.1 Å².